The molecule has 11 nitrogen and oxygen atoms in total. The highest BCUT2D eigenvalue weighted by molar-refractivity contribution is 5.96. The Bertz CT molecular complexity index is 1810. The van der Waals surface area contributed by atoms with E-state index < -0.39 is 53.5 Å². The molecule has 2 aromatic carbocycles. The minimum absolute atomic E-state index is 0.0469. The molecule has 0 spiro atoms. The lowest BCUT2D eigenvalue weighted by atomic mass is 10.1. The van der Waals surface area contributed by atoms with Crippen molar-refractivity contribution in [3.63, 3.8) is 0 Å². The summed E-state index contributed by atoms with van der Waals surface area (Å²) in [5.41, 5.74) is 1.87. The number of ether oxygens (including phenoxy) is 2. The standard InChI is InChI=1S/C40H46N4O7/c1-3-5-17-32-37(46)44-25-29(22-34(44)36(45)43-40(38(47)48)24-28(40)4-2)51-35-23-33(27-15-11-9-12-16-27)41-31-19-18-26(21-30(31)35)14-10-7-6-8-13-20-50-39(49)42-32/h4,9-12,14-16,18-19,21,23,28-29,32,34H,2-3,5-8,13,17,20,22,24-25H2,1H3,(H,42,49)(H,43,45)(H,47,48)/b14-10+/t28-,29?,32+,34+,40-/m1/s1. The Morgan fingerprint density at radius 1 is 1.14 bits per heavy atom. The van der Waals surface area contributed by atoms with Crippen LogP contribution < -0.4 is 15.4 Å². The number of aromatic nitrogens is 1. The van der Waals surface area contributed by atoms with E-state index in [1.54, 1.807) is 0 Å². The number of hydrogen-bond donors (Lipinski definition) is 3. The molecule has 11 heteroatoms. The zero-order valence-electron chi connectivity index (χ0n) is 29.0. The molecule has 3 amide bonds. The number of nitrogens with one attached hydrogen (secondary N) is 2. The largest absolute Gasteiger partial charge is 0.488 e. The molecule has 6 rings (SSSR count). The number of carboxylic acid groups (broad SMARTS) is 1. The number of fused-ring (bicyclic) bond motifs is 3. The summed E-state index contributed by atoms with van der Waals surface area (Å²) < 4.78 is 12.2. The molecule has 3 N–H and O–H groups in total. The highest BCUT2D eigenvalue weighted by atomic mass is 16.5. The van der Waals surface area contributed by atoms with E-state index in [4.69, 9.17) is 14.5 Å². The van der Waals surface area contributed by atoms with E-state index in [0.29, 0.717) is 30.7 Å². The zero-order valence-corrected chi connectivity index (χ0v) is 29.0. The van der Waals surface area contributed by atoms with E-state index in [0.717, 1.165) is 47.7 Å². The third-order valence-corrected chi connectivity index (χ3v) is 10.0. The lowest BCUT2D eigenvalue weighted by Crippen LogP contribution is -2.56. The summed E-state index contributed by atoms with van der Waals surface area (Å²) in [5.74, 6) is -2.06. The fourth-order valence-electron chi connectivity index (χ4n) is 7.02. The van der Waals surface area contributed by atoms with Gasteiger partial charge in [-0.1, -0.05) is 74.4 Å². The van der Waals surface area contributed by atoms with E-state index in [-0.39, 0.29) is 26.0 Å². The summed E-state index contributed by atoms with van der Waals surface area (Å²) in [4.78, 5) is 59.9. The quantitative estimate of drug-likeness (QED) is 0.234. The fourth-order valence-corrected chi connectivity index (χ4v) is 7.02. The predicted molar refractivity (Wildman–Crippen MR) is 194 cm³/mol. The van der Waals surface area contributed by atoms with E-state index >= 15 is 0 Å². The molecule has 1 aromatic heterocycles. The summed E-state index contributed by atoms with van der Waals surface area (Å²) in [7, 11) is 0. The summed E-state index contributed by atoms with van der Waals surface area (Å²) in [6.07, 6.45) is 9.88. The van der Waals surface area contributed by atoms with Crippen molar-refractivity contribution < 1.29 is 33.8 Å². The predicted octanol–water partition coefficient (Wildman–Crippen LogP) is 6.27. The van der Waals surface area contributed by atoms with Gasteiger partial charge in [-0.05, 0) is 56.2 Å². The number of carbonyl (C=O) groups excluding carboxylic acids is 3. The van der Waals surface area contributed by atoms with Crippen LogP contribution in [0.2, 0.25) is 0 Å². The van der Waals surface area contributed by atoms with Crippen molar-refractivity contribution in [3.8, 4) is 17.0 Å². The number of amides is 3. The van der Waals surface area contributed by atoms with Gasteiger partial charge in [-0.2, -0.15) is 0 Å². The van der Waals surface area contributed by atoms with Gasteiger partial charge in [0.25, 0.3) is 0 Å². The Balaban J connectivity index is 1.39. The lowest BCUT2D eigenvalue weighted by Gasteiger charge is -2.29. The first kappa shape index (κ1) is 35.6. The van der Waals surface area contributed by atoms with Gasteiger partial charge in [0.15, 0.2) is 0 Å². The van der Waals surface area contributed by atoms with Gasteiger partial charge in [-0.25, -0.2) is 14.6 Å². The maximum absolute atomic E-state index is 14.3. The van der Waals surface area contributed by atoms with Crippen LogP contribution in [0.1, 0.15) is 70.3 Å². The van der Waals surface area contributed by atoms with E-state index in [1.165, 1.54) is 11.0 Å². The Morgan fingerprint density at radius 2 is 1.96 bits per heavy atom. The normalized spacial score (nSPS) is 26.0. The van der Waals surface area contributed by atoms with Gasteiger partial charge < -0.3 is 30.1 Å². The van der Waals surface area contributed by atoms with Crippen molar-refractivity contribution in [1.29, 1.82) is 0 Å². The number of allylic oxidation sites excluding steroid dienone is 1. The number of cyclic esters (lactones) is 1. The number of alkyl carbamates (subject to hydrolysis) is 1. The van der Waals surface area contributed by atoms with Crippen molar-refractivity contribution >= 4 is 40.9 Å². The van der Waals surface area contributed by atoms with Gasteiger partial charge in [-0.15, -0.1) is 6.58 Å². The SMILES string of the molecule is C=C[C@@H]1C[C@]1(NC(=O)[C@@H]1CC2CN1C(=O)[C@H](CCCC)NC(=O)OCCCCC/C=C/c1ccc3nc(-c4ccccc4)cc(c3c1)O2)C(=O)O. The molecule has 0 radical (unpaired) electrons. The van der Waals surface area contributed by atoms with Crippen molar-refractivity contribution in [2.24, 2.45) is 5.92 Å². The summed E-state index contributed by atoms with van der Waals surface area (Å²) in [6, 6.07) is 15.7. The fraction of sp³-hybridized carbons (Fsp3) is 0.425. The van der Waals surface area contributed by atoms with E-state index in [2.05, 4.69) is 29.4 Å². The second kappa shape index (κ2) is 15.8. The molecule has 3 heterocycles. The molecule has 5 atom stereocenters. The third kappa shape index (κ3) is 8.08. The zero-order chi connectivity index (χ0) is 36.0. The first-order valence-corrected chi connectivity index (χ1v) is 18.0. The number of hydrogen-bond acceptors (Lipinski definition) is 7. The Kier molecular flexibility index (Phi) is 11.0. The number of aliphatic carboxylic acids is 1. The van der Waals surface area contributed by atoms with Crippen LogP contribution in [-0.2, 0) is 19.1 Å². The van der Waals surface area contributed by atoms with E-state index in [9.17, 15) is 24.3 Å². The summed E-state index contributed by atoms with van der Waals surface area (Å²) >= 11 is 0. The number of carboxylic acids is 1. The molecule has 268 valence electrons. The molecular formula is C40H46N4O7. The van der Waals surface area contributed by atoms with Crippen LogP contribution in [0.25, 0.3) is 28.2 Å². The second-order valence-electron chi connectivity index (χ2n) is 13.7. The van der Waals surface area contributed by atoms with Crippen molar-refractivity contribution in [2.45, 2.75) is 88.4 Å². The molecule has 1 unspecified atom stereocenters. The molecule has 1 saturated carbocycles. The smallest absolute Gasteiger partial charge is 0.407 e. The van der Waals surface area contributed by atoms with Crippen LogP contribution in [0, 0.1) is 5.92 Å². The molecule has 2 aliphatic heterocycles. The Hall–Kier alpha value is -5.19. The maximum atomic E-state index is 14.3. The number of rotatable bonds is 8. The summed E-state index contributed by atoms with van der Waals surface area (Å²) in [6.45, 7) is 5.99. The van der Waals surface area contributed by atoms with Crippen LogP contribution in [0.3, 0.4) is 0 Å². The molecule has 3 aliphatic rings. The number of pyridine rings is 1. The molecule has 2 fully saturated rings. The van der Waals surface area contributed by atoms with Gasteiger partial charge in [-0.3, -0.25) is 9.59 Å². The van der Waals surface area contributed by atoms with Crippen LogP contribution in [-0.4, -0.2) is 75.7 Å². The van der Waals surface area contributed by atoms with Crippen molar-refractivity contribution in [1.82, 2.24) is 20.5 Å². The van der Waals surface area contributed by atoms with Crippen LogP contribution in [0.5, 0.6) is 5.75 Å². The van der Waals surface area contributed by atoms with Gasteiger partial charge >= 0.3 is 12.1 Å². The molecule has 3 aromatic rings. The van der Waals surface area contributed by atoms with Crippen molar-refractivity contribution in [2.75, 3.05) is 13.2 Å². The minimum Gasteiger partial charge on any atom is -0.488 e. The van der Waals surface area contributed by atoms with Crippen LogP contribution in [0.15, 0.2) is 73.3 Å². The molecule has 51 heavy (non-hydrogen) atoms. The highest BCUT2D eigenvalue weighted by Crippen LogP contribution is 2.45. The van der Waals surface area contributed by atoms with Gasteiger partial charge in [0.05, 0.1) is 24.4 Å². The molecule has 1 aliphatic carbocycles. The van der Waals surface area contributed by atoms with Gasteiger partial charge in [0.2, 0.25) is 11.8 Å². The maximum Gasteiger partial charge on any atom is 0.407 e. The van der Waals surface area contributed by atoms with Gasteiger partial charge in [0.1, 0.15) is 29.5 Å². The number of unbranched alkanes of at least 4 members (excludes halogenated alkanes) is 1. The van der Waals surface area contributed by atoms with E-state index in [1.807, 2.05) is 61.5 Å². The Labute approximate surface area is 298 Å². The van der Waals surface area contributed by atoms with Gasteiger partial charge in [0, 0.05) is 29.4 Å². The third-order valence-electron chi connectivity index (χ3n) is 10.0. The van der Waals surface area contributed by atoms with Crippen LogP contribution >= 0.6 is 0 Å². The average Bonchev–Trinajstić information content (AvgIpc) is 3.70. The number of nitrogens with zero attached hydrogens (tertiary/aromatic N) is 2. The summed E-state index contributed by atoms with van der Waals surface area (Å²) in [5, 5.41) is 16.3. The molecule has 4 bridgehead atoms. The number of carbonyl (C=O) groups is 4. The minimum atomic E-state index is -1.48. The first-order chi connectivity index (χ1) is 24.7. The lowest BCUT2D eigenvalue weighted by molar-refractivity contribution is -0.145. The highest BCUT2D eigenvalue weighted by Gasteiger charge is 2.61. The Morgan fingerprint density at radius 3 is 2.71 bits per heavy atom. The molecule has 1 saturated heterocycles. The van der Waals surface area contributed by atoms with Crippen molar-refractivity contribution in [3.05, 3.63) is 78.9 Å². The number of benzene rings is 2. The average molecular weight is 695 g/mol. The monoisotopic (exact) mass is 694 g/mol. The van der Waals surface area contributed by atoms with Crippen LogP contribution in [0.4, 0.5) is 4.79 Å². The first-order valence-electron chi connectivity index (χ1n) is 18.0. The second-order valence-corrected chi connectivity index (χ2v) is 13.7. The molecular weight excluding hydrogens is 648 g/mol. The topological polar surface area (TPSA) is 147 Å².